The highest BCUT2D eigenvalue weighted by molar-refractivity contribution is 9.11. The summed E-state index contributed by atoms with van der Waals surface area (Å²) < 4.78 is 1.02. The molecule has 0 aliphatic rings. The second-order valence-corrected chi connectivity index (χ2v) is 7.20. The number of aromatic nitrogens is 2. The van der Waals surface area contributed by atoms with Gasteiger partial charge in [-0.2, -0.15) is 5.10 Å². The molecule has 0 radical (unpaired) electrons. The SMILES string of the molecule is Nc1n[nH]c(-c2csc(Br)c2)c1-c1c(Cl)cccc1Cl. The second kappa shape index (κ2) is 5.41. The molecule has 2 heterocycles. The minimum Gasteiger partial charge on any atom is -0.382 e. The fourth-order valence-electron chi connectivity index (χ4n) is 2.00. The van der Waals surface area contributed by atoms with E-state index >= 15 is 0 Å². The van der Waals surface area contributed by atoms with Crippen LogP contribution < -0.4 is 5.73 Å². The lowest BCUT2D eigenvalue weighted by Gasteiger charge is -2.08. The summed E-state index contributed by atoms with van der Waals surface area (Å²) in [5, 5.41) is 10.1. The number of rotatable bonds is 2. The fourth-order valence-corrected chi connectivity index (χ4v) is 3.73. The number of aromatic amines is 1. The minimum absolute atomic E-state index is 0.373. The Hall–Kier alpha value is -1.01. The summed E-state index contributed by atoms with van der Waals surface area (Å²) in [4.78, 5) is 0. The highest BCUT2D eigenvalue weighted by Gasteiger charge is 2.20. The number of nitrogens with two attached hydrogens (primary N) is 1. The third kappa shape index (κ3) is 2.35. The van der Waals surface area contributed by atoms with Gasteiger partial charge in [0.25, 0.3) is 0 Å². The van der Waals surface area contributed by atoms with Crippen molar-refractivity contribution in [2.24, 2.45) is 0 Å². The van der Waals surface area contributed by atoms with Crippen LogP contribution in [0.25, 0.3) is 22.4 Å². The van der Waals surface area contributed by atoms with Gasteiger partial charge in [-0.15, -0.1) is 11.3 Å². The summed E-state index contributed by atoms with van der Waals surface area (Å²) in [5.41, 5.74) is 9.20. The molecule has 0 aliphatic heterocycles. The van der Waals surface area contributed by atoms with Crippen LogP contribution >= 0.6 is 50.5 Å². The molecular formula is C13H8BrCl2N3S. The van der Waals surface area contributed by atoms with Crippen LogP contribution in [-0.4, -0.2) is 10.2 Å². The highest BCUT2D eigenvalue weighted by Crippen LogP contribution is 2.43. The van der Waals surface area contributed by atoms with Crippen molar-refractivity contribution in [3.63, 3.8) is 0 Å². The van der Waals surface area contributed by atoms with Crippen molar-refractivity contribution in [2.45, 2.75) is 0 Å². The molecule has 3 rings (SSSR count). The van der Waals surface area contributed by atoms with Gasteiger partial charge in [0.15, 0.2) is 5.82 Å². The molecule has 0 bridgehead atoms. The normalized spacial score (nSPS) is 10.9. The number of halogens is 3. The Labute approximate surface area is 137 Å². The third-order valence-electron chi connectivity index (χ3n) is 2.86. The number of thiophene rings is 1. The number of anilines is 1. The molecular weight excluding hydrogens is 381 g/mol. The monoisotopic (exact) mass is 387 g/mol. The van der Waals surface area contributed by atoms with Gasteiger partial charge in [-0.3, -0.25) is 5.10 Å². The number of nitrogens with one attached hydrogen (secondary N) is 1. The van der Waals surface area contributed by atoms with Crippen molar-refractivity contribution >= 4 is 56.3 Å². The predicted molar refractivity (Wildman–Crippen MR) is 89.5 cm³/mol. The van der Waals surface area contributed by atoms with Crippen LogP contribution in [0.4, 0.5) is 5.82 Å². The van der Waals surface area contributed by atoms with Crippen molar-refractivity contribution in [1.82, 2.24) is 10.2 Å². The molecule has 2 aromatic heterocycles. The summed E-state index contributed by atoms with van der Waals surface area (Å²) >= 11 is 17.6. The van der Waals surface area contributed by atoms with E-state index in [-0.39, 0.29) is 0 Å². The molecule has 3 aromatic rings. The maximum Gasteiger partial charge on any atom is 0.153 e. The number of hydrogen-bond donors (Lipinski definition) is 2. The van der Waals surface area contributed by atoms with Gasteiger partial charge in [-0.25, -0.2) is 0 Å². The zero-order chi connectivity index (χ0) is 14.3. The van der Waals surface area contributed by atoms with E-state index in [2.05, 4.69) is 26.1 Å². The van der Waals surface area contributed by atoms with Crippen LogP contribution in [0.3, 0.4) is 0 Å². The minimum atomic E-state index is 0.373. The third-order valence-corrected chi connectivity index (χ3v) is 5.00. The zero-order valence-electron chi connectivity index (χ0n) is 9.95. The fraction of sp³-hybridized carbons (Fsp3) is 0. The van der Waals surface area contributed by atoms with E-state index in [1.54, 1.807) is 29.5 Å². The number of nitrogen functional groups attached to an aromatic ring is 1. The molecule has 7 heteroatoms. The van der Waals surface area contributed by atoms with Crippen molar-refractivity contribution < 1.29 is 0 Å². The molecule has 3 N–H and O–H groups in total. The lowest BCUT2D eigenvalue weighted by Crippen LogP contribution is -1.90. The lowest BCUT2D eigenvalue weighted by atomic mass is 10.0. The van der Waals surface area contributed by atoms with Crippen molar-refractivity contribution in [1.29, 1.82) is 0 Å². The molecule has 0 unspecified atom stereocenters. The average molecular weight is 389 g/mol. The van der Waals surface area contributed by atoms with Crippen LogP contribution in [0, 0.1) is 0 Å². The molecule has 0 amide bonds. The Bertz CT molecular complexity index is 762. The average Bonchev–Trinajstić information content (AvgIpc) is 2.97. The molecule has 0 saturated carbocycles. The summed E-state index contributed by atoms with van der Waals surface area (Å²) in [5.74, 6) is 0.373. The van der Waals surface area contributed by atoms with Gasteiger partial charge in [-0.05, 0) is 34.1 Å². The Balaban J connectivity index is 2.27. The molecule has 0 aliphatic carbocycles. The summed E-state index contributed by atoms with van der Waals surface area (Å²) in [6.07, 6.45) is 0. The molecule has 1 aromatic carbocycles. The van der Waals surface area contributed by atoms with E-state index < -0.39 is 0 Å². The van der Waals surface area contributed by atoms with Gasteiger partial charge in [0, 0.05) is 16.5 Å². The molecule has 0 atom stereocenters. The van der Waals surface area contributed by atoms with E-state index in [0.717, 1.165) is 20.6 Å². The van der Waals surface area contributed by atoms with Crippen LogP contribution in [0.5, 0.6) is 0 Å². The predicted octanol–water partition coefficient (Wildman–Crippen LogP) is 5.46. The van der Waals surface area contributed by atoms with Crippen molar-refractivity contribution in [3.05, 3.63) is 43.5 Å². The zero-order valence-corrected chi connectivity index (χ0v) is 13.9. The highest BCUT2D eigenvalue weighted by atomic mass is 79.9. The first kappa shape index (κ1) is 13.9. The smallest absolute Gasteiger partial charge is 0.153 e. The first-order chi connectivity index (χ1) is 9.58. The Kier molecular flexibility index (Phi) is 3.77. The van der Waals surface area contributed by atoms with Gasteiger partial charge < -0.3 is 5.73 Å². The molecule has 3 nitrogen and oxygen atoms in total. The summed E-state index contributed by atoms with van der Waals surface area (Å²) in [6.45, 7) is 0. The largest absolute Gasteiger partial charge is 0.382 e. The Morgan fingerprint density at radius 1 is 1.20 bits per heavy atom. The first-order valence-electron chi connectivity index (χ1n) is 5.60. The van der Waals surface area contributed by atoms with Gasteiger partial charge in [0.1, 0.15) is 0 Å². The quantitative estimate of drug-likeness (QED) is 0.612. The molecule has 20 heavy (non-hydrogen) atoms. The van der Waals surface area contributed by atoms with E-state index in [1.807, 2.05) is 11.4 Å². The van der Waals surface area contributed by atoms with Gasteiger partial charge in [-0.1, -0.05) is 29.3 Å². The standard InChI is InChI=1S/C13H8BrCl2N3S/c14-9-4-6(5-20-9)12-11(13(17)19-18-12)10-7(15)2-1-3-8(10)16/h1-5H,(H3,17,18,19). The molecule has 0 spiro atoms. The topological polar surface area (TPSA) is 54.7 Å². The van der Waals surface area contributed by atoms with Crippen LogP contribution in [-0.2, 0) is 0 Å². The number of nitrogens with zero attached hydrogens (tertiary/aromatic N) is 1. The summed E-state index contributed by atoms with van der Waals surface area (Å²) in [7, 11) is 0. The van der Waals surface area contributed by atoms with Gasteiger partial charge in [0.2, 0.25) is 0 Å². The number of H-pyrrole nitrogens is 1. The number of hydrogen-bond acceptors (Lipinski definition) is 3. The van der Waals surface area contributed by atoms with Crippen LogP contribution in [0.2, 0.25) is 10.0 Å². The second-order valence-electron chi connectivity index (χ2n) is 4.09. The number of benzene rings is 1. The van der Waals surface area contributed by atoms with E-state index in [4.69, 9.17) is 28.9 Å². The van der Waals surface area contributed by atoms with Gasteiger partial charge >= 0.3 is 0 Å². The maximum absolute atomic E-state index is 6.27. The summed E-state index contributed by atoms with van der Waals surface area (Å²) in [6, 6.07) is 7.35. The maximum atomic E-state index is 6.27. The van der Waals surface area contributed by atoms with Crippen molar-refractivity contribution in [2.75, 3.05) is 5.73 Å². The Morgan fingerprint density at radius 2 is 1.90 bits per heavy atom. The Morgan fingerprint density at radius 3 is 2.50 bits per heavy atom. The van der Waals surface area contributed by atoms with Gasteiger partial charge in [0.05, 0.1) is 25.1 Å². The first-order valence-corrected chi connectivity index (χ1v) is 8.03. The lowest BCUT2D eigenvalue weighted by molar-refractivity contribution is 1.10. The van der Waals surface area contributed by atoms with E-state index in [0.29, 0.717) is 21.4 Å². The molecule has 102 valence electrons. The molecule has 0 saturated heterocycles. The molecule has 0 fully saturated rings. The van der Waals surface area contributed by atoms with E-state index in [9.17, 15) is 0 Å². The van der Waals surface area contributed by atoms with Crippen LogP contribution in [0.15, 0.2) is 33.4 Å². The van der Waals surface area contributed by atoms with Crippen molar-refractivity contribution in [3.8, 4) is 22.4 Å². The van der Waals surface area contributed by atoms with Crippen LogP contribution in [0.1, 0.15) is 0 Å². The van der Waals surface area contributed by atoms with E-state index in [1.165, 1.54) is 0 Å².